The SMILES string of the molecule is Cn1cc(C(C)(O)CNC(=O)Cc2cc(Cl)ccc2Cl)cn1. The van der Waals surface area contributed by atoms with Gasteiger partial charge < -0.3 is 10.4 Å². The van der Waals surface area contributed by atoms with E-state index >= 15 is 0 Å². The summed E-state index contributed by atoms with van der Waals surface area (Å²) in [5.74, 6) is -0.242. The summed E-state index contributed by atoms with van der Waals surface area (Å²) in [6, 6.07) is 4.97. The summed E-state index contributed by atoms with van der Waals surface area (Å²) in [5, 5.41) is 18.1. The predicted octanol–water partition coefficient (Wildman–Crippen LogP) is 2.29. The first-order valence-corrected chi connectivity index (χ1v) is 7.45. The highest BCUT2D eigenvalue weighted by molar-refractivity contribution is 6.33. The molecule has 1 unspecified atom stereocenters. The number of hydrogen-bond acceptors (Lipinski definition) is 3. The third kappa shape index (κ3) is 4.22. The van der Waals surface area contributed by atoms with Crippen LogP contribution >= 0.6 is 23.2 Å². The van der Waals surface area contributed by atoms with Gasteiger partial charge in [-0.3, -0.25) is 9.48 Å². The Labute approximate surface area is 138 Å². The molecule has 0 fully saturated rings. The lowest BCUT2D eigenvalue weighted by Gasteiger charge is -2.22. The second-order valence-electron chi connectivity index (χ2n) is 5.37. The summed E-state index contributed by atoms with van der Waals surface area (Å²) in [6.45, 7) is 1.70. The zero-order valence-electron chi connectivity index (χ0n) is 12.3. The van der Waals surface area contributed by atoms with E-state index in [0.717, 1.165) is 0 Å². The minimum absolute atomic E-state index is 0.0791. The van der Waals surface area contributed by atoms with Gasteiger partial charge in [-0.25, -0.2) is 0 Å². The minimum Gasteiger partial charge on any atom is -0.383 e. The Bertz CT molecular complexity index is 683. The number of carbonyl (C=O) groups is 1. The topological polar surface area (TPSA) is 67.2 Å². The van der Waals surface area contributed by atoms with E-state index in [4.69, 9.17) is 23.2 Å². The van der Waals surface area contributed by atoms with Crippen molar-refractivity contribution in [3.05, 3.63) is 51.8 Å². The van der Waals surface area contributed by atoms with Gasteiger partial charge in [0.25, 0.3) is 0 Å². The van der Waals surface area contributed by atoms with E-state index in [-0.39, 0.29) is 18.9 Å². The number of aliphatic hydroxyl groups is 1. The maximum atomic E-state index is 12.0. The molecule has 0 spiro atoms. The van der Waals surface area contributed by atoms with E-state index in [1.54, 1.807) is 49.2 Å². The molecule has 5 nitrogen and oxygen atoms in total. The highest BCUT2D eigenvalue weighted by atomic mass is 35.5. The molecule has 2 aromatic rings. The van der Waals surface area contributed by atoms with Gasteiger partial charge in [0.2, 0.25) is 5.91 Å². The quantitative estimate of drug-likeness (QED) is 0.876. The second-order valence-corrected chi connectivity index (χ2v) is 6.21. The summed E-state index contributed by atoms with van der Waals surface area (Å²) < 4.78 is 1.59. The van der Waals surface area contributed by atoms with Crippen LogP contribution in [-0.2, 0) is 23.9 Å². The Morgan fingerprint density at radius 3 is 2.82 bits per heavy atom. The zero-order chi connectivity index (χ0) is 16.3. The van der Waals surface area contributed by atoms with E-state index in [0.29, 0.717) is 21.2 Å². The molecule has 7 heteroatoms. The molecule has 1 amide bonds. The molecule has 1 heterocycles. The minimum atomic E-state index is -1.19. The molecule has 0 aliphatic carbocycles. The molecule has 22 heavy (non-hydrogen) atoms. The van der Waals surface area contributed by atoms with Crippen LogP contribution in [0.15, 0.2) is 30.6 Å². The Balaban J connectivity index is 1.96. The molecule has 0 saturated heterocycles. The molecule has 118 valence electrons. The molecular weight excluding hydrogens is 325 g/mol. The fraction of sp³-hybridized carbons (Fsp3) is 0.333. The van der Waals surface area contributed by atoms with Crippen LogP contribution in [0.4, 0.5) is 0 Å². The van der Waals surface area contributed by atoms with Crippen molar-refractivity contribution in [2.24, 2.45) is 7.05 Å². The van der Waals surface area contributed by atoms with Crippen LogP contribution in [-0.4, -0.2) is 27.3 Å². The molecule has 1 aromatic heterocycles. The standard InChI is InChI=1S/C15H17Cl2N3O2/c1-15(22,11-7-19-20(2)8-11)9-18-14(21)6-10-5-12(16)3-4-13(10)17/h3-5,7-8,22H,6,9H2,1-2H3,(H,18,21). The van der Waals surface area contributed by atoms with Crippen LogP contribution in [0.3, 0.4) is 0 Å². The third-order valence-corrected chi connectivity index (χ3v) is 3.92. The normalized spacial score (nSPS) is 13.7. The lowest BCUT2D eigenvalue weighted by atomic mass is 9.99. The Kier molecular flexibility index (Phi) is 5.11. The number of hydrogen-bond donors (Lipinski definition) is 2. The van der Waals surface area contributed by atoms with Crippen molar-refractivity contribution in [2.45, 2.75) is 18.9 Å². The van der Waals surface area contributed by atoms with Gasteiger partial charge in [-0.1, -0.05) is 23.2 Å². The number of benzene rings is 1. The number of nitrogens with one attached hydrogen (secondary N) is 1. The average molecular weight is 342 g/mol. The van der Waals surface area contributed by atoms with Crippen LogP contribution in [0.2, 0.25) is 10.0 Å². The van der Waals surface area contributed by atoms with Crippen LogP contribution in [0, 0.1) is 0 Å². The highest BCUT2D eigenvalue weighted by Gasteiger charge is 2.25. The molecule has 2 N–H and O–H groups in total. The molecular formula is C15H17Cl2N3O2. The van der Waals surface area contributed by atoms with Crippen molar-refractivity contribution in [1.29, 1.82) is 0 Å². The maximum Gasteiger partial charge on any atom is 0.224 e. The predicted molar refractivity (Wildman–Crippen MR) is 86.0 cm³/mol. The van der Waals surface area contributed by atoms with Gasteiger partial charge in [-0.2, -0.15) is 5.10 Å². The molecule has 0 bridgehead atoms. The van der Waals surface area contributed by atoms with Crippen molar-refractivity contribution in [2.75, 3.05) is 6.54 Å². The first-order valence-electron chi connectivity index (χ1n) is 6.70. The van der Waals surface area contributed by atoms with Crippen LogP contribution in [0.5, 0.6) is 0 Å². The highest BCUT2D eigenvalue weighted by Crippen LogP contribution is 2.21. The Hall–Kier alpha value is -1.56. The number of aromatic nitrogens is 2. The maximum absolute atomic E-state index is 12.0. The third-order valence-electron chi connectivity index (χ3n) is 3.32. The van der Waals surface area contributed by atoms with E-state index in [1.807, 2.05) is 0 Å². The number of rotatable bonds is 5. The first-order chi connectivity index (χ1) is 10.3. The monoisotopic (exact) mass is 341 g/mol. The molecule has 1 atom stereocenters. The summed E-state index contributed by atoms with van der Waals surface area (Å²) in [7, 11) is 1.76. The Morgan fingerprint density at radius 1 is 1.45 bits per heavy atom. The molecule has 0 aliphatic rings. The van der Waals surface area contributed by atoms with Crippen molar-refractivity contribution in [3.8, 4) is 0 Å². The van der Waals surface area contributed by atoms with Crippen molar-refractivity contribution < 1.29 is 9.90 Å². The summed E-state index contributed by atoms with van der Waals surface area (Å²) in [4.78, 5) is 12.0. The van der Waals surface area contributed by atoms with Crippen molar-refractivity contribution in [3.63, 3.8) is 0 Å². The first kappa shape index (κ1) is 16.8. The molecule has 0 aliphatic heterocycles. The number of aryl methyl sites for hydroxylation is 1. The molecule has 2 rings (SSSR count). The van der Waals surface area contributed by atoms with Gasteiger partial charge in [-0.05, 0) is 30.7 Å². The number of carbonyl (C=O) groups excluding carboxylic acids is 1. The smallest absolute Gasteiger partial charge is 0.224 e. The van der Waals surface area contributed by atoms with Gasteiger partial charge in [-0.15, -0.1) is 0 Å². The summed E-state index contributed by atoms with van der Waals surface area (Å²) in [5.41, 5.74) is 0.0889. The van der Waals surface area contributed by atoms with Crippen LogP contribution in [0.25, 0.3) is 0 Å². The summed E-state index contributed by atoms with van der Waals surface area (Å²) >= 11 is 11.9. The fourth-order valence-electron chi connectivity index (χ4n) is 1.99. The van der Waals surface area contributed by atoms with Gasteiger partial charge in [0, 0.05) is 28.9 Å². The number of amides is 1. The van der Waals surface area contributed by atoms with Gasteiger partial charge >= 0.3 is 0 Å². The van der Waals surface area contributed by atoms with Crippen LogP contribution in [0.1, 0.15) is 18.1 Å². The van der Waals surface area contributed by atoms with E-state index in [9.17, 15) is 9.90 Å². The molecule has 0 saturated carbocycles. The van der Waals surface area contributed by atoms with E-state index in [2.05, 4.69) is 10.4 Å². The number of halogens is 2. The van der Waals surface area contributed by atoms with Gasteiger partial charge in [0.1, 0.15) is 5.60 Å². The fourth-order valence-corrected chi connectivity index (χ4v) is 2.37. The largest absolute Gasteiger partial charge is 0.383 e. The van der Waals surface area contributed by atoms with E-state index in [1.165, 1.54) is 0 Å². The molecule has 1 aromatic carbocycles. The van der Waals surface area contributed by atoms with E-state index < -0.39 is 5.60 Å². The van der Waals surface area contributed by atoms with Crippen molar-refractivity contribution in [1.82, 2.24) is 15.1 Å². The summed E-state index contributed by atoms with van der Waals surface area (Å²) in [6.07, 6.45) is 3.38. The van der Waals surface area contributed by atoms with Gasteiger partial charge in [0.05, 0.1) is 19.2 Å². The Morgan fingerprint density at radius 2 is 2.18 bits per heavy atom. The van der Waals surface area contributed by atoms with Crippen molar-refractivity contribution >= 4 is 29.1 Å². The lowest BCUT2D eigenvalue weighted by molar-refractivity contribution is -0.121. The number of nitrogens with zero attached hydrogens (tertiary/aromatic N) is 2. The second kappa shape index (κ2) is 6.69. The average Bonchev–Trinajstić information content (AvgIpc) is 2.88. The molecule has 0 radical (unpaired) electrons. The van der Waals surface area contributed by atoms with Crippen LogP contribution < -0.4 is 5.32 Å². The zero-order valence-corrected chi connectivity index (χ0v) is 13.8. The van der Waals surface area contributed by atoms with Gasteiger partial charge in [0.15, 0.2) is 0 Å². The lowest BCUT2D eigenvalue weighted by Crippen LogP contribution is -2.39.